The summed E-state index contributed by atoms with van der Waals surface area (Å²) in [6, 6.07) is 8.93. The summed E-state index contributed by atoms with van der Waals surface area (Å²) < 4.78 is 0. The third kappa shape index (κ3) is 5.33. The van der Waals surface area contributed by atoms with Gasteiger partial charge in [0.1, 0.15) is 0 Å². The Morgan fingerprint density at radius 1 is 0.889 bits per heavy atom. The first kappa shape index (κ1) is 19.5. The van der Waals surface area contributed by atoms with Gasteiger partial charge in [-0.3, -0.25) is 29.8 Å². The Morgan fingerprint density at radius 3 is 1.81 bits per heavy atom. The number of benzene rings is 2. The average Bonchev–Trinajstić information content (AvgIpc) is 2.63. The number of amides is 2. The number of rotatable bonds is 7. The second-order valence-electron chi connectivity index (χ2n) is 5.58. The van der Waals surface area contributed by atoms with Crippen LogP contribution in [-0.2, 0) is 4.79 Å². The van der Waals surface area contributed by atoms with E-state index in [9.17, 15) is 29.8 Å². The van der Waals surface area contributed by atoms with Crippen LogP contribution in [0, 0.1) is 20.2 Å². The zero-order valence-electron chi connectivity index (χ0n) is 14.3. The normalized spacial score (nSPS) is 10.1. The van der Waals surface area contributed by atoms with E-state index < -0.39 is 27.1 Å². The molecule has 2 rings (SSSR count). The molecule has 0 aliphatic heterocycles. The highest BCUT2D eigenvalue weighted by Gasteiger charge is 2.20. The molecule has 10 nitrogen and oxygen atoms in total. The van der Waals surface area contributed by atoms with Gasteiger partial charge in [-0.05, 0) is 30.7 Å². The van der Waals surface area contributed by atoms with E-state index in [1.54, 1.807) is 12.1 Å². The van der Waals surface area contributed by atoms with Gasteiger partial charge in [-0.1, -0.05) is 6.92 Å². The summed E-state index contributed by atoms with van der Waals surface area (Å²) in [6.45, 7) is 1.89. The predicted molar refractivity (Wildman–Crippen MR) is 97.7 cm³/mol. The number of nitrogens with zero attached hydrogens (tertiary/aromatic N) is 2. The number of carbonyl (C=O) groups is 2. The highest BCUT2D eigenvalue weighted by Crippen LogP contribution is 2.23. The number of nitrogens with one attached hydrogen (secondary N) is 2. The molecular formula is C17H16N4O6. The van der Waals surface area contributed by atoms with Gasteiger partial charge in [-0.2, -0.15) is 0 Å². The van der Waals surface area contributed by atoms with E-state index in [4.69, 9.17) is 0 Å². The van der Waals surface area contributed by atoms with Crippen molar-refractivity contribution in [3.63, 3.8) is 0 Å². The number of hydrogen-bond acceptors (Lipinski definition) is 6. The van der Waals surface area contributed by atoms with Crippen LogP contribution in [0.15, 0.2) is 42.5 Å². The lowest BCUT2D eigenvalue weighted by atomic mass is 10.1. The molecule has 0 aromatic heterocycles. The van der Waals surface area contributed by atoms with Crippen LogP contribution in [0.1, 0.15) is 30.1 Å². The maximum absolute atomic E-state index is 12.3. The van der Waals surface area contributed by atoms with Crippen molar-refractivity contribution in [1.29, 1.82) is 0 Å². The molecule has 0 radical (unpaired) electrons. The molecule has 0 aliphatic rings. The molecule has 0 saturated heterocycles. The predicted octanol–water partition coefficient (Wildman–Crippen LogP) is 3.49. The molecule has 0 heterocycles. The molecule has 0 spiro atoms. The van der Waals surface area contributed by atoms with Crippen LogP contribution in [0.25, 0.3) is 0 Å². The summed E-state index contributed by atoms with van der Waals surface area (Å²) in [5, 5.41) is 27.0. The van der Waals surface area contributed by atoms with Crippen molar-refractivity contribution >= 4 is 34.6 Å². The number of non-ortho nitro benzene ring substituents is 2. The maximum atomic E-state index is 12.3. The van der Waals surface area contributed by atoms with E-state index in [0.717, 1.165) is 24.6 Å². The van der Waals surface area contributed by atoms with Gasteiger partial charge in [-0.15, -0.1) is 0 Å². The lowest BCUT2D eigenvalue weighted by Crippen LogP contribution is -2.13. The second kappa shape index (κ2) is 8.52. The van der Waals surface area contributed by atoms with Crippen LogP contribution in [0.4, 0.5) is 22.7 Å². The molecule has 0 bridgehead atoms. The van der Waals surface area contributed by atoms with Gasteiger partial charge in [0.15, 0.2) is 0 Å². The Balaban J connectivity index is 2.16. The third-order valence-electron chi connectivity index (χ3n) is 3.49. The van der Waals surface area contributed by atoms with Crippen LogP contribution in [0.5, 0.6) is 0 Å². The standard InChI is InChI=1S/C17H16N4O6/c1-2-3-16(22)18-12-4-6-13(7-5-12)19-17(23)11-8-14(20(24)25)10-15(9-11)21(26)27/h4-10H,2-3H2,1H3,(H,18,22)(H,19,23). The molecule has 0 aliphatic carbocycles. The van der Waals surface area contributed by atoms with Crippen LogP contribution >= 0.6 is 0 Å². The van der Waals surface area contributed by atoms with Crippen molar-refractivity contribution in [2.24, 2.45) is 0 Å². The zero-order valence-corrected chi connectivity index (χ0v) is 14.3. The minimum atomic E-state index is -0.808. The molecule has 2 aromatic carbocycles. The van der Waals surface area contributed by atoms with Gasteiger partial charge in [0.2, 0.25) is 5.91 Å². The average molecular weight is 372 g/mol. The number of nitro benzene ring substituents is 2. The minimum Gasteiger partial charge on any atom is -0.326 e. The van der Waals surface area contributed by atoms with Crippen LogP contribution in [0.3, 0.4) is 0 Å². The molecule has 140 valence electrons. The van der Waals surface area contributed by atoms with E-state index in [1.807, 2.05) is 6.92 Å². The second-order valence-corrected chi connectivity index (χ2v) is 5.58. The Hall–Kier alpha value is -3.82. The third-order valence-corrected chi connectivity index (χ3v) is 3.49. The summed E-state index contributed by atoms with van der Waals surface area (Å²) >= 11 is 0. The monoisotopic (exact) mass is 372 g/mol. The van der Waals surface area contributed by atoms with E-state index in [0.29, 0.717) is 17.8 Å². The summed E-state index contributed by atoms with van der Waals surface area (Å²) in [4.78, 5) is 44.0. The van der Waals surface area contributed by atoms with Crippen molar-refractivity contribution in [2.45, 2.75) is 19.8 Å². The van der Waals surface area contributed by atoms with Crippen LogP contribution in [-0.4, -0.2) is 21.7 Å². The Morgan fingerprint density at radius 2 is 1.37 bits per heavy atom. The number of nitro groups is 2. The maximum Gasteiger partial charge on any atom is 0.277 e. The number of anilines is 2. The molecule has 2 amide bonds. The molecular weight excluding hydrogens is 356 g/mol. The van der Waals surface area contributed by atoms with E-state index in [1.165, 1.54) is 12.1 Å². The summed E-state index contributed by atoms with van der Waals surface area (Å²) in [5.41, 5.74) is -0.400. The highest BCUT2D eigenvalue weighted by atomic mass is 16.6. The number of hydrogen-bond donors (Lipinski definition) is 2. The van der Waals surface area contributed by atoms with E-state index in [-0.39, 0.29) is 11.5 Å². The Labute approximate surface area is 153 Å². The first-order valence-corrected chi connectivity index (χ1v) is 7.95. The van der Waals surface area contributed by atoms with Crippen LogP contribution < -0.4 is 10.6 Å². The van der Waals surface area contributed by atoms with Gasteiger partial charge >= 0.3 is 0 Å². The Bertz CT molecular complexity index is 863. The van der Waals surface area contributed by atoms with Gasteiger partial charge in [-0.25, -0.2) is 0 Å². The van der Waals surface area contributed by atoms with Crippen molar-refractivity contribution < 1.29 is 19.4 Å². The van der Waals surface area contributed by atoms with E-state index in [2.05, 4.69) is 10.6 Å². The smallest absolute Gasteiger partial charge is 0.277 e. The van der Waals surface area contributed by atoms with Gasteiger partial charge in [0, 0.05) is 29.9 Å². The SMILES string of the molecule is CCCC(=O)Nc1ccc(NC(=O)c2cc([N+](=O)[O-])cc([N+](=O)[O-])c2)cc1. The van der Waals surface area contributed by atoms with Crippen molar-refractivity contribution in [3.8, 4) is 0 Å². The molecule has 0 saturated carbocycles. The Kier molecular flexibility index (Phi) is 6.15. The minimum absolute atomic E-state index is 0.127. The molecule has 0 atom stereocenters. The van der Waals surface area contributed by atoms with Crippen LogP contribution in [0.2, 0.25) is 0 Å². The number of carbonyl (C=O) groups excluding carboxylic acids is 2. The molecule has 0 unspecified atom stereocenters. The summed E-state index contributed by atoms with van der Waals surface area (Å²) in [6.07, 6.45) is 1.11. The molecule has 2 aromatic rings. The fourth-order valence-electron chi connectivity index (χ4n) is 2.23. The van der Waals surface area contributed by atoms with Crippen molar-refractivity contribution in [2.75, 3.05) is 10.6 Å². The van der Waals surface area contributed by atoms with Gasteiger partial charge in [0.25, 0.3) is 17.3 Å². The van der Waals surface area contributed by atoms with E-state index >= 15 is 0 Å². The fraction of sp³-hybridized carbons (Fsp3) is 0.176. The molecule has 10 heteroatoms. The highest BCUT2D eigenvalue weighted by molar-refractivity contribution is 6.05. The van der Waals surface area contributed by atoms with Gasteiger partial charge in [0.05, 0.1) is 21.5 Å². The zero-order chi connectivity index (χ0) is 20.0. The molecule has 27 heavy (non-hydrogen) atoms. The van der Waals surface area contributed by atoms with Gasteiger partial charge < -0.3 is 10.6 Å². The summed E-state index contributed by atoms with van der Waals surface area (Å²) in [7, 11) is 0. The summed E-state index contributed by atoms with van der Waals surface area (Å²) in [5.74, 6) is -0.859. The first-order valence-electron chi connectivity index (χ1n) is 7.95. The lowest BCUT2D eigenvalue weighted by Gasteiger charge is -2.08. The molecule has 2 N–H and O–H groups in total. The first-order chi connectivity index (χ1) is 12.8. The molecule has 0 fully saturated rings. The lowest BCUT2D eigenvalue weighted by molar-refractivity contribution is -0.394. The largest absolute Gasteiger partial charge is 0.326 e. The quantitative estimate of drug-likeness (QED) is 0.562. The van der Waals surface area contributed by atoms with Crippen molar-refractivity contribution in [1.82, 2.24) is 0 Å². The fourth-order valence-corrected chi connectivity index (χ4v) is 2.23. The van der Waals surface area contributed by atoms with Crippen molar-refractivity contribution in [3.05, 3.63) is 68.3 Å². The topological polar surface area (TPSA) is 144 Å².